The molecule has 0 saturated heterocycles. The van der Waals surface area contributed by atoms with Crippen molar-refractivity contribution in [1.29, 1.82) is 0 Å². The van der Waals surface area contributed by atoms with Gasteiger partial charge in [0, 0.05) is 5.88 Å². The Morgan fingerprint density at radius 3 is 2.18 bits per heavy atom. The zero-order chi connectivity index (χ0) is 12.9. The first kappa shape index (κ1) is 14.5. The second-order valence-corrected chi connectivity index (χ2v) is 6.93. The number of hydrogen-bond donors (Lipinski definition) is 0. The van der Waals surface area contributed by atoms with Crippen LogP contribution in [0.3, 0.4) is 0 Å². The van der Waals surface area contributed by atoms with E-state index in [1.165, 1.54) is 0 Å². The number of rotatable bonds is 6. The van der Waals surface area contributed by atoms with Crippen molar-refractivity contribution >= 4 is 21.4 Å². The molecule has 1 aromatic rings. The third-order valence-electron chi connectivity index (χ3n) is 2.70. The largest absolute Gasteiger partial charge is 0.224 e. The Balaban J connectivity index is 2.78. The molecule has 1 rings (SSSR count). The first-order chi connectivity index (χ1) is 7.97. The van der Waals surface area contributed by atoms with E-state index in [0.29, 0.717) is 23.1 Å². The van der Waals surface area contributed by atoms with Crippen molar-refractivity contribution in [3.63, 3.8) is 0 Å². The van der Waals surface area contributed by atoms with Gasteiger partial charge in [-0.3, -0.25) is 0 Å². The summed E-state index contributed by atoms with van der Waals surface area (Å²) in [6.45, 7) is 4.17. The van der Waals surface area contributed by atoms with Crippen LogP contribution in [-0.2, 0) is 9.84 Å². The van der Waals surface area contributed by atoms with Gasteiger partial charge in [-0.1, -0.05) is 26.0 Å². The zero-order valence-electron chi connectivity index (χ0n) is 10.3. The van der Waals surface area contributed by atoms with Gasteiger partial charge in [-0.2, -0.15) is 0 Å². The van der Waals surface area contributed by atoms with Crippen LogP contribution in [0, 0.1) is 0 Å². The molecule has 96 valence electrons. The van der Waals surface area contributed by atoms with Crippen LogP contribution in [-0.4, -0.2) is 20.1 Å². The molecule has 0 heterocycles. The molecule has 0 saturated carbocycles. The first-order valence-corrected chi connectivity index (χ1v) is 8.04. The predicted molar refractivity (Wildman–Crippen MR) is 72.5 cm³/mol. The topological polar surface area (TPSA) is 34.1 Å². The molecule has 0 bridgehead atoms. The third kappa shape index (κ3) is 4.32. The number of unbranched alkanes of at least 4 members (excludes halogenated alkanes) is 1. The molecule has 0 fully saturated rings. The van der Waals surface area contributed by atoms with E-state index in [1.807, 2.05) is 12.1 Å². The second-order valence-electron chi connectivity index (χ2n) is 4.44. The molecule has 0 aliphatic carbocycles. The summed E-state index contributed by atoms with van der Waals surface area (Å²) in [5.41, 5.74) is 1.16. The van der Waals surface area contributed by atoms with Gasteiger partial charge in [0.15, 0.2) is 9.84 Å². The molecule has 0 unspecified atom stereocenters. The van der Waals surface area contributed by atoms with E-state index in [-0.39, 0.29) is 5.75 Å². The number of halogens is 1. The summed E-state index contributed by atoms with van der Waals surface area (Å²) in [5, 5.41) is 0. The van der Waals surface area contributed by atoms with Crippen molar-refractivity contribution in [3.05, 3.63) is 29.8 Å². The minimum atomic E-state index is -3.13. The van der Waals surface area contributed by atoms with Gasteiger partial charge in [0.05, 0.1) is 10.6 Å². The molecule has 0 atom stereocenters. The summed E-state index contributed by atoms with van der Waals surface area (Å²) < 4.78 is 23.9. The summed E-state index contributed by atoms with van der Waals surface area (Å²) in [6, 6.07) is 7.18. The molecule has 0 aliphatic heterocycles. The Bertz CT molecular complexity index is 435. The SMILES string of the molecule is CC(C)c1ccc(S(=O)(=O)CCCCCl)cc1. The summed E-state index contributed by atoms with van der Waals surface area (Å²) in [6.07, 6.45) is 1.36. The van der Waals surface area contributed by atoms with Crippen molar-refractivity contribution in [1.82, 2.24) is 0 Å². The van der Waals surface area contributed by atoms with E-state index in [0.717, 1.165) is 12.0 Å². The van der Waals surface area contributed by atoms with Gasteiger partial charge in [-0.15, -0.1) is 11.6 Å². The van der Waals surface area contributed by atoms with Crippen molar-refractivity contribution < 1.29 is 8.42 Å². The lowest BCUT2D eigenvalue weighted by Crippen LogP contribution is -2.07. The molecule has 0 radical (unpaired) electrons. The van der Waals surface area contributed by atoms with Crippen molar-refractivity contribution in [2.24, 2.45) is 0 Å². The van der Waals surface area contributed by atoms with Gasteiger partial charge in [0.25, 0.3) is 0 Å². The fourth-order valence-corrected chi connectivity index (χ4v) is 3.12. The van der Waals surface area contributed by atoms with Crippen LogP contribution in [0.5, 0.6) is 0 Å². The fraction of sp³-hybridized carbons (Fsp3) is 0.538. The quantitative estimate of drug-likeness (QED) is 0.587. The van der Waals surface area contributed by atoms with Crippen molar-refractivity contribution in [2.45, 2.75) is 37.5 Å². The number of hydrogen-bond acceptors (Lipinski definition) is 2. The first-order valence-electron chi connectivity index (χ1n) is 5.86. The molecule has 1 aromatic carbocycles. The van der Waals surface area contributed by atoms with Crippen LogP contribution >= 0.6 is 11.6 Å². The molecule has 0 aliphatic rings. The number of alkyl halides is 1. The van der Waals surface area contributed by atoms with E-state index in [2.05, 4.69) is 13.8 Å². The van der Waals surface area contributed by atoms with E-state index in [9.17, 15) is 8.42 Å². The highest BCUT2D eigenvalue weighted by molar-refractivity contribution is 7.91. The molecule has 2 nitrogen and oxygen atoms in total. The fourth-order valence-electron chi connectivity index (χ4n) is 1.56. The van der Waals surface area contributed by atoms with E-state index in [4.69, 9.17) is 11.6 Å². The minimum Gasteiger partial charge on any atom is -0.224 e. The van der Waals surface area contributed by atoms with Crippen LogP contribution < -0.4 is 0 Å². The maximum Gasteiger partial charge on any atom is 0.178 e. The Hall–Kier alpha value is -0.540. The summed E-state index contributed by atoms with van der Waals surface area (Å²) in [7, 11) is -3.13. The van der Waals surface area contributed by atoms with Gasteiger partial charge >= 0.3 is 0 Å². The highest BCUT2D eigenvalue weighted by atomic mass is 35.5. The van der Waals surface area contributed by atoms with Gasteiger partial charge < -0.3 is 0 Å². The molecule has 0 aromatic heterocycles. The standard InChI is InChI=1S/C13H19ClO2S/c1-11(2)12-5-7-13(8-6-12)17(15,16)10-4-3-9-14/h5-8,11H,3-4,9-10H2,1-2H3. The van der Waals surface area contributed by atoms with E-state index >= 15 is 0 Å². The Morgan fingerprint density at radius 1 is 1.12 bits per heavy atom. The summed E-state index contributed by atoms with van der Waals surface area (Å²) >= 11 is 5.54. The van der Waals surface area contributed by atoms with Gasteiger partial charge in [-0.25, -0.2) is 8.42 Å². The molecular formula is C13H19ClO2S. The molecule has 0 spiro atoms. The average molecular weight is 275 g/mol. The highest BCUT2D eigenvalue weighted by Gasteiger charge is 2.13. The summed E-state index contributed by atoms with van der Waals surface area (Å²) in [5.74, 6) is 1.12. The number of benzene rings is 1. The van der Waals surface area contributed by atoms with Crippen LogP contribution in [0.1, 0.15) is 38.2 Å². The second kappa shape index (κ2) is 6.41. The van der Waals surface area contributed by atoms with Gasteiger partial charge in [0.1, 0.15) is 0 Å². The predicted octanol–water partition coefficient (Wildman–Crippen LogP) is 3.60. The molecule has 0 N–H and O–H groups in total. The zero-order valence-corrected chi connectivity index (χ0v) is 11.9. The summed E-state index contributed by atoms with van der Waals surface area (Å²) in [4.78, 5) is 0.413. The lowest BCUT2D eigenvalue weighted by molar-refractivity contribution is 0.592. The van der Waals surface area contributed by atoms with Crippen molar-refractivity contribution in [2.75, 3.05) is 11.6 Å². The minimum absolute atomic E-state index is 0.181. The molecule has 4 heteroatoms. The lowest BCUT2D eigenvalue weighted by atomic mass is 10.0. The molecule has 17 heavy (non-hydrogen) atoms. The van der Waals surface area contributed by atoms with Crippen molar-refractivity contribution in [3.8, 4) is 0 Å². The third-order valence-corrected chi connectivity index (χ3v) is 4.79. The smallest absolute Gasteiger partial charge is 0.178 e. The highest BCUT2D eigenvalue weighted by Crippen LogP contribution is 2.18. The lowest BCUT2D eigenvalue weighted by Gasteiger charge is -2.07. The number of sulfone groups is 1. The molecular weight excluding hydrogens is 256 g/mol. The van der Waals surface area contributed by atoms with Crippen LogP contribution in [0.25, 0.3) is 0 Å². The van der Waals surface area contributed by atoms with Crippen LogP contribution in [0.15, 0.2) is 29.2 Å². The normalized spacial score (nSPS) is 12.0. The van der Waals surface area contributed by atoms with Gasteiger partial charge in [0.2, 0.25) is 0 Å². The Labute approximate surface area is 109 Å². The van der Waals surface area contributed by atoms with Gasteiger partial charge in [-0.05, 0) is 36.5 Å². The van der Waals surface area contributed by atoms with Crippen LogP contribution in [0.4, 0.5) is 0 Å². The Kier molecular flexibility index (Phi) is 5.47. The van der Waals surface area contributed by atoms with E-state index < -0.39 is 9.84 Å². The van der Waals surface area contributed by atoms with Crippen LogP contribution in [0.2, 0.25) is 0 Å². The van der Waals surface area contributed by atoms with E-state index in [1.54, 1.807) is 12.1 Å². The molecule has 0 amide bonds. The Morgan fingerprint density at radius 2 is 1.71 bits per heavy atom. The maximum absolute atomic E-state index is 11.9. The maximum atomic E-state index is 11.9. The monoisotopic (exact) mass is 274 g/mol. The average Bonchev–Trinajstić information content (AvgIpc) is 2.29.